The van der Waals surface area contributed by atoms with E-state index in [2.05, 4.69) is 10.2 Å². The number of likely N-dealkylation sites (tertiary alicyclic amines) is 1. The summed E-state index contributed by atoms with van der Waals surface area (Å²) < 4.78 is 5.01. The van der Waals surface area contributed by atoms with Crippen LogP contribution in [0.25, 0.3) is 0 Å². The number of aromatic amines is 1. The summed E-state index contributed by atoms with van der Waals surface area (Å²) in [5.41, 5.74) is 1.02. The summed E-state index contributed by atoms with van der Waals surface area (Å²) in [5.74, 6) is 0. The fourth-order valence-electron chi connectivity index (χ4n) is 2.53. The molecule has 0 saturated carbocycles. The van der Waals surface area contributed by atoms with Crippen LogP contribution < -0.4 is 0 Å². The second-order valence-electron chi connectivity index (χ2n) is 4.91. The van der Waals surface area contributed by atoms with Crippen molar-refractivity contribution in [2.45, 2.75) is 25.3 Å². The summed E-state index contributed by atoms with van der Waals surface area (Å²) in [7, 11) is 3.52. The third kappa shape index (κ3) is 3.26. The molecule has 6 nitrogen and oxygen atoms in total. The molecule has 2 rings (SSSR count). The Bertz CT molecular complexity index is 393. The van der Waals surface area contributed by atoms with E-state index in [1.54, 1.807) is 18.2 Å². The van der Waals surface area contributed by atoms with Gasteiger partial charge in [-0.2, -0.15) is 5.10 Å². The maximum absolute atomic E-state index is 12.4. The number of carbonyl (C=O) groups is 1. The zero-order valence-corrected chi connectivity index (χ0v) is 11.6. The third-order valence-electron chi connectivity index (χ3n) is 3.55. The Morgan fingerprint density at radius 3 is 3.21 bits per heavy atom. The first kappa shape index (κ1) is 13.9. The number of rotatable bonds is 5. The van der Waals surface area contributed by atoms with Gasteiger partial charge in [0.2, 0.25) is 0 Å². The van der Waals surface area contributed by atoms with E-state index in [0.717, 1.165) is 38.0 Å². The first-order chi connectivity index (χ1) is 9.24. The number of hydrogen-bond acceptors (Lipinski definition) is 3. The molecule has 6 heteroatoms. The number of methoxy groups -OCH3 is 1. The number of ether oxygens (including phenoxy) is 1. The molecule has 19 heavy (non-hydrogen) atoms. The van der Waals surface area contributed by atoms with Gasteiger partial charge in [-0.3, -0.25) is 5.10 Å². The monoisotopic (exact) mass is 266 g/mol. The summed E-state index contributed by atoms with van der Waals surface area (Å²) in [5, 5.41) is 6.95. The van der Waals surface area contributed by atoms with Crippen molar-refractivity contribution in [3.05, 3.63) is 18.0 Å². The van der Waals surface area contributed by atoms with Crippen molar-refractivity contribution in [1.82, 2.24) is 20.0 Å². The van der Waals surface area contributed by atoms with Gasteiger partial charge in [0.05, 0.1) is 11.7 Å². The van der Waals surface area contributed by atoms with Crippen LogP contribution in [0.15, 0.2) is 12.3 Å². The van der Waals surface area contributed by atoms with Gasteiger partial charge in [-0.05, 0) is 25.3 Å². The van der Waals surface area contributed by atoms with E-state index in [-0.39, 0.29) is 12.1 Å². The van der Waals surface area contributed by atoms with E-state index in [1.807, 2.05) is 18.0 Å². The lowest BCUT2D eigenvalue weighted by atomic mass is 10.1. The van der Waals surface area contributed by atoms with Crippen LogP contribution in [-0.2, 0) is 4.74 Å². The molecule has 0 spiro atoms. The molecule has 0 bridgehead atoms. The molecular formula is C13H22N4O2. The normalized spacial score (nSPS) is 18.8. The highest BCUT2D eigenvalue weighted by molar-refractivity contribution is 5.75. The van der Waals surface area contributed by atoms with Gasteiger partial charge in [-0.1, -0.05) is 0 Å². The predicted molar refractivity (Wildman–Crippen MR) is 71.8 cm³/mol. The van der Waals surface area contributed by atoms with Gasteiger partial charge in [0, 0.05) is 40.1 Å². The Hall–Kier alpha value is -1.56. The van der Waals surface area contributed by atoms with Crippen LogP contribution in [0.3, 0.4) is 0 Å². The fourth-order valence-corrected chi connectivity index (χ4v) is 2.53. The molecule has 1 fully saturated rings. The molecule has 1 unspecified atom stereocenters. The Kier molecular flexibility index (Phi) is 4.79. The number of nitrogens with one attached hydrogen (secondary N) is 1. The lowest BCUT2D eigenvalue weighted by Crippen LogP contribution is -2.41. The van der Waals surface area contributed by atoms with Crippen molar-refractivity contribution in [3.8, 4) is 0 Å². The first-order valence-electron chi connectivity index (χ1n) is 6.74. The second kappa shape index (κ2) is 6.56. The standard InChI is InChI=1S/C13H22N4O2/c1-16(8-4-10-19-2)13(18)17-9-3-5-12(17)11-6-7-14-15-11/h6-7,12H,3-5,8-10H2,1-2H3,(H,14,15). The van der Waals surface area contributed by atoms with Crippen LogP contribution in [0.1, 0.15) is 31.0 Å². The molecule has 2 heterocycles. The topological polar surface area (TPSA) is 61.5 Å². The molecular weight excluding hydrogens is 244 g/mol. The number of aromatic nitrogens is 2. The van der Waals surface area contributed by atoms with Gasteiger partial charge >= 0.3 is 6.03 Å². The molecule has 0 aliphatic carbocycles. The summed E-state index contributed by atoms with van der Waals surface area (Å²) in [6.07, 6.45) is 4.64. The van der Waals surface area contributed by atoms with Gasteiger partial charge in [0.25, 0.3) is 0 Å². The van der Waals surface area contributed by atoms with Crippen molar-refractivity contribution in [1.29, 1.82) is 0 Å². The van der Waals surface area contributed by atoms with Gasteiger partial charge in [-0.25, -0.2) is 4.79 Å². The summed E-state index contributed by atoms with van der Waals surface area (Å²) >= 11 is 0. The van der Waals surface area contributed by atoms with Gasteiger partial charge in [0.1, 0.15) is 0 Å². The van der Waals surface area contributed by atoms with Gasteiger partial charge in [-0.15, -0.1) is 0 Å². The van der Waals surface area contributed by atoms with Crippen molar-refractivity contribution in [3.63, 3.8) is 0 Å². The number of nitrogens with zero attached hydrogens (tertiary/aromatic N) is 3. The average molecular weight is 266 g/mol. The van der Waals surface area contributed by atoms with E-state index in [9.17, 15) is 4.79 Å². The van der Waals surface area contributed by atoms with Gasteiger partial charge in [0.15, 0.2) is 0 Å². The van der Waals surface area contributed by atoms with Crippen LogP contribution in [0.4, 0.5) is 4.79 Å². The van der Waals surface area contributed by atoms with E-state index in [4.69, 9.17) is 4.74 Å². The largest absolute Gasteiger partial charge is 0.385 e. The zero-order valence-electron chi connectivity index (χ0n) is 11.6. The highest BCUT2D eigenvalue weighted by Gasteiger charge is 2.32. The number of urea groups is 1. The van der Waals surface area contributed by atoms with E-state index >= 15 is 0 Å². The zero-order chi connectivity index (χ0) is 13.7. The molecule has 1 aliphatic heterocycles. The number of amides is 2. The molecule has 1 saturated heterocycles. The predicted octanol–water partition coefficient (Wildman–Crippen LogP) is 1.63. The molecule has 1 N–H and O–H groups in total. The Labute approximate surface area is 113 Å². The number of carbonyl (C=O) groups excluding carboxylic acids is 1. The van der Waals surface area contributed by atoms with Crippen LogP contribution in [0.5, 0.6) is 0 Å². The lowest BCUT2D eigenvalue weighted by molar-refractivity contribution is 0.146. The summed E-state index contributed by atoms with van der Waals surface area (Å²) in [6, 6.07) is 2.18. The second-order valence-corrected chi connectivity index (χ2v) is 4.91. The molecule has 106 valence electrons. The SMILES string of the molecule is COCCCN(C)C(=O)N1CCCC1c1ccn[nH]1. The minimum absolute atomic E-state index is 0.0909. The van der Waals surface area contributed by atoms with Crippen LogP contribution in [0.2, 0.25) is 0 Å². The highest BCUT2D eigenvalue weighted by atomic mass is 16.5. The van der Waals surface area contributed by atoms with E-state index in [0.29, 0.717) is 6.61 Å². The molecule has 0 aromatic carbocycles. The summed E-state index contributed by atoms with van der Waals surface area (Å²) in [4.78, 5) is 16.1. The highest BCUT2D eigenvalue weighted by Crippen LogP contribution is 2.31. The fraction of sp³-hybridized carbons (Fsp3) is 0.692. The third-order valence-corrected chi connectivity index (χ3v) is 3.55. The Balaban J connectivity index is 1.94. The minimum Gasteiger partial charge on any atom is -0.385 e. The Morgan fingerprint density at radius 2 is 2.53 bits per heavy atom. The van der Waals surface area contributed by atoms with Crippen molar-refractivity contribution in [2.75, 3.05) is 33.9 Å². The van der Waals surface area contributed by atoms with Gasteiger partial charge < -0.3 is 14.5 Å². The number of hydrogen-bond donors (Lipinski definition) is 1. The van der Waals surface area contributed by atoms with Crippen molar-refractivity contribution < 1.29 is 9.53 Å². The first-order valence-corrected chi connectivity index (χ1v) is 6.74. The maximum Gasteiger partial charge on any atom is 0.320 e. The summed E-state index contributed by atoms with van der Waals surface area (Å²) in [6.45, 7) is 2.22. The molecule has 0 radical (unpaired) electrons. The lowest BCUT2D eigenvalue weighted by Gasteiger charge is -2.29. The van der Waals surface area contributed by atoms with Crippen LogP contribution in [-0.4, -0.2) is 59.9 Å². The van der Waals surface area contributed by atoms with Crippen molar-refractivity contribution >= 4 is 6.03 Å². The van der Waals surface area contributed by atoms with Crippen LogP contribution >= 0.6 is 0 Å². The van der Waals surface area contributed by atoms with Crippen molar-refractivity contribution in [2.24, 2.45) is 0 Å². The number of H-pyrrole nitrogens is 1. The quantitative estimate of drug-likeness (QED) is 0.824. The average Bonchev–Trinajstić information content (AvgIpc) is 3.08. The maximum atomic E-state index is 12.4. The van der Waals surface area contributed by atoms with Crippen LogP contribution in [0, 0.1) is 0 Å². The molecule has 1 aliphatic rings. The minimum atomic E-state index is 0.0909. The molecule has 1 aromatic heterocycles. The van der Waals surface area contributed by atoms with E-state index in [1.165, 1.54) is 0 Å². The molecule has 1 aromatic rings. The molecule has 2 amide bonds. The molecule has 1 atom stereocenters. The Morgan fingerprint density at radius 1 is 1.68 bits per heavy atom. The smallest absolute Gasteiger partial charge is 0.320 e. The van der Waals surface area contributed by atoms with E-state index < -0.39 is 0 Å².